The van der Waals surface area contributed by atoms with Gasteiger partial charge in [-0.15, -0.1) is 10.2 Å². The summed E-state index contributed by atoms with van der Waals surface area (Å²) in [7, 11) is 0. The number of fused-ring (bicyclic) bond motifs is 1. The first-order valence-corrected chi connectivity index (χ1v) is 12.8. The van der Waals surface area contributed by atoms with Crippen LogP contribution in [0.1, 0.15) is 67.4 Å². The van der Waals surface area contributed by atoms with Gasteiger partial charge in [-0.3, -0.25) is 0 Å². The molecule has 0 amide bonds. The maximum Gasteiger partial charge on any atom is 0.234 e. The van der Waals surface area contributed by atoms with E-state index >= 15 is 0 Å². The molecule has 0 radical (unpaired) electrons. The summed E-state index contributed by atoms with van der Waals surface area (Å²) < 4.78 is 2.12. The van der Waals surface area contributed by atoms with Crippen molar-refractivity contribution < 1.29 is 0 Å². The molecule has 162 valence electrons. The molecule has 4 bridgehead atoms. The molecule has 4 aromatic rings. The van der Waals surface area contributed by atoms with Crippen molar-refractivity contribution in [2.45, 2.75) is 56.3 Å². The Balaban J connectivity index is 1.38. The standard InChI is InChI=1S/C27H28N4S/c1-26(21-8-4-2-5-9-21,22-10-6-3-7-11-22)24-30-31-23(28-29-25(31)32-24)27-15-18-12-19(16-27)14-20(13-18)17-27/h2-11,18-20H,12-17H2,1H3. The van der Waals surface area contributed by atoms with Gasteiger partial charge in [-0.2, -0.15) is 9.61 Å². The molecule has 0 spiro atoms. The Kier molecular flexibility index (Phi) is 4.00. The van der Waals surface area contributed by atoms with Gasteiger partial charge >= 0.3 is 0 Å². The van der Waals surface area contributed by atoms with Crippen LogP contribution in [0.25, 0.3) is 4.96 Å². The zero-order valence-electron chi connectivity index (χ0n) is 18.4. The zero-order valence-corrected chi connectivity index (χ0v) is 19.3. The van der Waals surface area contributed by atoms with E-state index in [1.807, 2.05) is 0 Å². The van der Waals surface area contributed by atoms with Gasteiger partial charge < -0.3 is 0 Å². The van der Waals surface area contributed by atoms with E-state index in [2.05, 4.69) is 77.2 Å². The van der Waals surface area contributed by atoms with Crippen LogP contribution in [0.4, 0.5) is 0 Å². The summed E-state index contributed by atoms with van der Waals surface area (Å²) in [6, 6.07) is 21.5. The molecule has 0 unspecified atom stereocenters. The molecule has 4 aliphatic carbocycles. The summed E-state index contributed by atoms with van der Waals surface area (Å²) in [6.45, 7) is 2.30. The Morgan fingerprint density at radius 3 is 1.88 bits per heavy atom. The molecule has 4 saturated carbocycles. The minimum Gasteiger partial charge on any atom is -0.187 e. The zero-order chi connectivity index (χ0) is 21.3. The average molecular weight is 441 g/mol. The van der Waals surface area contributed by atoms with Crippen LogP contribution in [-0.2, 0) is 10.8 Å². The lowest BCUT2D eigenvalue weighted by atomic mass is 9.49. The maximum absolute atomic E-state index is 5.26. The van der Waals surface area contributed by atoms with Crippen molar-refractivity contribution in [3.05, 3.63) is 82.6 Å². The summed E-state index contributed by atoms with van der Waals surface area (Å²) in [4.78, 5) is 0.934. The molecular formula is C27H28N4S. The fraction of sp³-hybridized carbons (Fsp3) is 0.444. The highest BCUT2D eigenvalue weighted by Gasteiger charge is 2.54. The third-order valence-corrected chi connectivity index (χ3v) is 9.75. The topological polar surface area (TPSA) is 43.1 Å². The normalized spacial score (nSPS) is 29.1. The number of aromatic nitrogens is 4. The summed E-state index contributed by atoms with van der Waals surface area (Å²) >= 11 is 1.70. The van der Waals surface area contributed by atoms with E-state index in [1.165, 1.54) is 49.7 Å². The van der Waals surface area contributed by atoms with E-state index in [9.17, 15) is 0 Å². The van der Waals surface area contributed by atoms with E-state index in [0.29, 0.717) is 0 Å². The van der Waals surface area contributed by atoms with Gasteiger partial charge in [-0.05, 0) is 74.3 Å². The van der Waals surface area contributed by atoms with Crippen LogP contribution in [0.5, 0.6) is 0 Å². The van der Waals surface area contributed by atoms with Crippen molar-refractivity contribution in [1.82, 2.24) is 19.8 Å². The number of hydrogen-bond donors (Lipinski definition) is 0. The smallest absolute Gasteiger partial charge is 0.187 e. The van der Waals surface area contributed by atoms with Crippen LogP contribution in [0.15, 0.2) is 60.7 Å². The number of hydrogen-bond acceptors (Lipinski definition) is 4. The Morgan fingerprint density at radius 2 is 1.34 bits per heavy atom. The minimum atomic E-state index is -0.327. The number of rotatable bonds is 4. The summed E-state index contributed by atoms with van der Waals surface area (Å²) in [5, 5.41) is 15.8. The van der Waals surface area contributed by atoms with E-state index < -0.39 is 0 Å². The molecule has 0 saturated heterocycles. The Bertz CT molecular complexity index is 1200. The van der Waals surface area contributed by atoms with Crippen molar-refractivity contribution in [2.75, 3.05) is 0 Å². The van der Waals surface area contributed by atoms with E-state index in [1.54, 1.807) is 11.3 Å². The van der Waals surface area contributed by atoms with Crippen molar-refractivity contribution in [2.24, 2.45) is 17.8 Å². The third-order valence-electron chi connectivity index (χ3n) is 8.63. The first-order valence-electron chi connectivity index (χ1n) is 12.0. The summed E-state index contributed by atoms with van der Waals surface area (Å²) in [5.41, 5.74) is 2.38. The largest absolute Gasteiger partial charge is 0.234 e. The fourth-order valence-electron chi connectivity index (χ4n) is 7.49. The van der Waals surface area contributed by atoms with Gasteiger partial charge in [0.25, 0.3) is 0 Å². The molecule has 32 heavy (non-hydrogen) atoms. The number of benzene rings is 2. The number of nitrogens with zero attached hydrogens (tertiary/aromatic N) is 4. The molecule has 2 aromatic heterocycles. The highest BCUT2D eigenvalue weighted by molar-refractivity contribution is 7.16. The van der Waals surface area contributed by atoms with Crippen molar-refractivity contribution in [3.8, 4) is 0 Å². The first kappa shape index (κ1) is 19.0. The lowest BCUT2D eigenvalue weighted by Gasteiger charge is -2.55. The van der Waals surface area contributed by atoms with Gasteiger partial charge in [0.1, 0.15) is 5.01 Å². The Hall–Kier alpha value is -2.53. The lowest BCUT2D eigenvalue weighted by molar-refractivity contribution is -0.0103. The molecular weight excluding hydrogens is 412 g/mol. The summed E-state index contributed by atoms with van der Waals surface area (Å²) in [5.74, 6) is 3.78. The van der Waals surface area contributed by atoms with Crippen LogP contribution < -0.4 is 0 Å². The van der Waals surface area contributed by atoms with Gasteiger partial charge in [0.2, 0.25) is 4.96 Å². The second kappa shape index (κ2) is 6.74. The van der Waals surface area contributed by atoms with Gasteiger partial charge in [0.05, 0.1) is 5.41 Å². The molecule has 8 rings (SSSR count). The van der Waals surface area contributed by atoms with Crippen molar-refractivity contribution in [3.63, 3.8) is 0 Å². The molecule has 4 aliphatic rings. The predicted molar refractivity (Wildman–Crippen MR) is 127 cm³/mol. The molecule has 0 aliphatic heterocycles. The van der Waals surface area contributed by atoms with Crippen LogP contribution in [0.3, 0.4) is 0 Å². The van der Waals surface area contributed by atoms with Crippen molar-refractivity contribution >= 4 is 16.3 Å². The van der Waals surface area contributed by atoms with Crippen molar-refractivity contribution in [1.29, 1.82) is 0 Å². The van der Waals surface area contributed by atoms with Crippen LogP contribution in [0.2, 0.25) is 0 Å². The highest BCUT2D eigenvalue weighted by Crippen LogP contribution is 2.60. The monoisotopic (exact) mass is 440 g/mol. The van der Waals surface area contributed by atoms with Crippen LogP contribution in [0, 0.1) is 17.8 Å². The Morgan fingerprint density at radius 1 is 0.812 bits per heavy atom. The minimum absolute atomic E-state index is 0.190. The highest BCUT2D eigenvalue weighted by atomic mass is 32.1. The first-order chi connectivity index (χ1) is 15.6. The molecule has 4 fully saturated rings. The molecule has 5 heteroatoms. The SMILES string of the molecule is CC(c1ccccc1)(c1ccccc1)c1nn2c(C34CC5CC(CC(C5)C3)C4)nnc2s1. The fourth-order valence-corrected chi connectivity index (χ4v) is 8.52. The molecule has 4 nitrogen and oxygen atoms in total. The van der Waals surface area contributed by atoms with Gasteiger partial charge in [-0.25, -0.2) is 0 Å². The van der Waals surface area contributed by atoms with E-state index in [4.69, 9.17) is 10.2 Å². The molecule has 0 N–H and O–H groups in total. The second-order valence-electron chi connectivity index (χ2n) is 10.7. The van der Waals surface area contributed by atoms with E-state index in [-0.39, 0.29) is 10.8 Å². The summed E-state index contributed by atoms with van der Waals surface area (Å²) in [6.07, 6.45) is 8.14. The third kappa shape index (κ3) is 2.63. The predicted octanol–water partition coefficient (Wildman–Crippen LogP) is 6.01. The average Bonchev–Trinajstić information content (AvgIpc) is 3.40. The molecule has 0 atom stereocenters. The lowest BCUT2D eigenvalue weighted by Crippen LogP contribution is -2.49. The van der Waals surface area contributed by atoms with Crippen LogP contribution in [-0.4, -0.2) is 19.8 Å². The van der Waals surface area contributed by atoms with Gasteiger partial charge in [0.15, 0.2) is 5.82 Å². The van der Waals surface area contributed by atoms with Gasteiger partial charge in [-0.1, -0.05) is 72.0 Å². The maximum atomic E-state index is 5.26. The quantitative estimate of drug-likeness (QED) is 0.390. The van der Waals surface area contributed by atoms with Crippen LogP contribution >= 0.6 is 11.3 Å². The van der Waals surface area contributed by atoms with Gasteiger partial charge in [0, 0.05) is 5.41 Å². The van der Waals surface area contributed by atoms with E-state index in [0.717, 1.165) is 33.5 Å². The molecule has 2 heterocycles. The Labute approximate surface area is 192 Å². The molecule has 2 aromatic carbocycles. The second-order valence-corrected chi connectivity index (χ2v) is 11.6.